The minimum absolute atomic E-state index is 0.221. The third kappa shape index (κ3) is 2.33. The number of carbonyl (C=O) groups is 1. The van der Waals surface area contributed by atoms with E-state index in [4.69, 9.17) is 10.5 Å². The zero-order valence-corrected chi connectivity index (χ0v) is 9.18. The molecule has 1 aromatic rings. The van der Waals surface area contributed by atoms with Crippen molar-refractivity contribution in [3.8, 4) is 5.75 Å². The van der Waals surface area contributed by atoms with Gasteiger partial charge in [0.15, 0.2) is 0 Å². The summed E-state index contributed by atoms with van der Waals surface area (Å²) in [5.74, 6) is 0.432. The second-order valence-corrected chi connectivity index (χ2v) is 3.99. The number of hydrogen-bond donors (Lipinski definition) is 1. The van der Waals surface area contributed by atoms with Gasteiger partial charge in [-0.05, 0) is 37.1 Å². The summed E-state index contributed by atoms with van der Waals surface area (Å²) in [7, 11) is 1.36. The van der Waals surface area contributed by atoms with Gasteiger partial charge in [-0.2, -0.15) is 0 Å². The maximum atomic E-state index is 11.2. The second-order valence-electron chi connectivity index (χ2n) is 3.99. The number of carbonyl (C=O) groups excluding carboxylic acids is 1. The first-order valence-corrected chi connectivity index (χ1v) is 5.29. The zero-order chi connectivity index (χ0) is 11.5. The maximum absolute atomic E-state index is 11.2. The molecule has 0 heterocycles. The van der Waals surface area contributed by atoms with E-state index >= 15 is 0 Å². The minimum Gasteiger partial charge on any atom is -0.490 e. The summed E-state index contributed by atoms with van der Waals surface area (Å²) in [5.41, 5.74) is 6.19. The summed E-state index contributed by atoms with van der Waals surface area (Å²) in [6, 6.07) is 7.21. The summed E-state index contributed by atoms with van der Waals surface area (Å²) >= 11 is 0. The Bertz CT molecular complexity index is 368. The third-order valence-corrected chi connectivity index (χ3v) is 2.71. The number of esters is 1. The van der Waals surface area contributed by atoms with E-state index < -0.39 is 0 Å². The average Bonchev–Trinajstić information content (AvgIpc) is 2.27. The third-order valence-electron chi connectivity index (χ3n) is 2.71. The molecule has 2 N–H and O–H groups in total. The fraction of sp³-hybridized carbons (Fsp3) is 0.417. The number of ether oxygens (including phenoxy) is 2. The average molecular weight is 221 g/mol. The van der Waals surface area contributed by atoms with Crippen LogP contribution < -0.4 is 10.5 Å². The van der Waals surface area contributed by atoms with Gasteiger partial charge < -0.3 is 15.2 Å². The molecule has 0 unspecified atom stereocenters. The molecule has 0 bridgehead atoms. The normalized spacial score (nSPS) is 23.4. The molecule has 0 aromatic heterocycles. The number of hydrogen-bond acceptors (Lipinski definition) is 4. The van der Waals surface area contributed by atoms with E-state index in [1.807, 2.05) is 0 Å². The Labute approximate surface area is 94.3 Å². The Morgan fingerprint density at radius 3 is 2.44 bits per heavy atom. The molecule has 0 atom stereocenters. The lowest BCUT2D eigenvalue weighted by atomic mass is 9.90. The zero-order valence-electron chi connectivity index (χ0n) is 9.18. The lowest BCUT2D eigenvalue weighted by molar-refractivity contribution is 0.0600. The molecule has 0 spiro atoms. The maximum Gasteiger partial charge on any atom is 0.337 e. The second kappa shape index (κ2) is 4.53. The van der Waals surface area contributed by atoms with E-state index in [1.165, 1.54) is 7.11 Å². The van der Waals surface area contributed by atoms with Gasteiger partial charge in [0.1, 0.15) is 11.9 Å². The van der Waals surface area contributed by atoms with Crippen LogP contribution in [0.15, 0.2) is 24.3 Å². The molecule has 1 fully saturated rings. The van der Waals surface area contributed by atoms with Crippen LogP contribution in [-0.2, 0) is 4.74 Å². The SMILES string of the molecule is COC(=O)c1ccc(OC2CC(N)C2)cc1. The monoisotopic (exact) mass is 221 g/mol. The molecule has 2 rings (SSSR count). The van der Waals surface area contributed by atoms with Crippen LogP contribution in [0.4, 0.5) is 0 Å². The summed E-state index contributed by atoms with van der Waals surface area (Å²) in [5, 5.41) is 0. The van der Waals surface area contributed by atoms with Crippen LogP contribution >= 0.6 is 0 Å². The topological polar surface area (TPSA) is 61.5 Å². The van der Waals surface area contributed by atoms with Crippen molar-refractivity contribution in [1.29, 1.82) is 0 Å². The van der Waals surface area contributed by atoms with Crippen molar-refractivity contribution < 1.29 is 14.3 Å². The largest absolute Gasteiger partial charge is 0.490 e. The summed E-state index contributed by atoms with van der Waals surface area (Å²) in [4.78, 5) is 11.2. The van der Waals surface area contributed by atoms with Crippen molar-refractivity contribution in [2.75, 3.05) is 7.11 Å². The fourth-order valence-corrected chi connectivity index (χ4v) is 1.68. The molecule has 0 saturated heterocycles. The highest BCUT2D eigenvalue weighted by Gasteiger charge is 2.27. The van der Waals surface area contributed by atoms with Crippen molar-refractivity contribution in [2.24, 2.45) is 5.73 Å². The Balaban J connectivity index is 1.94. The van der Waals surface area contributed by atoms with Gasteiger partial charge in [-0.15, -0.1) is 0 Å². The van der Waals surface area contributed by atoms with Gasteiger partial charge >= 0.3 is 5.97 Å². The van der Waals surface area contributed by atoms with Gasteiger partial charge in [0.25, 0.3) is 0 Å². The van der Waals surface area contributed by atoms with Crippen molar-refractivity contribution in [3.05, 3.63) is 29.8 Å². The number of benzene rings is 1. The Kier molecular flexibility index (Phi) is 3.10. The molecule has 0 amide bonds. The predicted octanol–water partition coefficient (Wildman–Crippen LogP) is 1.34. The lowest BCUT2D eigenvalue weighted by Gasteiger charge is -2.32. The molecule has 1 aliphatic carbocycles. The summed E-state index contributed by atoms with van der Waals surface area (Å²) in [6.45, 7) is 0. The van der Waals surface area contributed by atoms with E-state index in [0.29, 0.717) is 5.56 Å². The first kappa shape index (κ1) is 11.0. The Morgan fingerprint density at radius 2 is 1.94 bits per heavy atom. The molecule has 1 saturated carbocycles. The number of nitrogens with two attached hydrogens (primary N) is 1. The predicted molar refractivity (Wildman–Crippen MR) is 59.4 cm³/mol. The van der Waals surface area contributed by atoms with Crippen molar-refractivity contribution >= 4 is 5.97 Å². The summed E-state index contributed by atoms with van der Waals surface area (Å²) < 4.78 is 10.3. The van der Waals surface area contributed by atoms with Gasteiger partial charge in [-0.1, -0.05) is 0 Å². The van der Waals surface area contributed by atoms with Crippen LogP contribution in [0.2, 0.25) is 0 Å². The van der Waals surface area contributed by atoms with Gasteiger partial charge in [0.2, 0.25) is 0 Å². The molecule has 1 aromatic carbocycles. The van der Waals surface area contributed by atoms with Crippen LogP contribution in [0.1, 0.15) is 23.2 Å². The van der Waals surface area contributed by atoms with Gasteiger partial charge in [0.05, 0.1) is 12.7 Å². The van der Waals surface area contributed by atoms with E-state index in [9.17, 15) is 4.79 Å². The molecule has 1 aliphatic rings. The molecular weight excluding hydrogens is 206 g/mol. The van der Waals surface area contributed by atoms with Gasteiger partial charge in [0, 0.05) is 6.04 Å². The van der Waals surface area contributed by atoms with Crippen molar-refractivity contribution in [1.82, 2.24) is 0 Å². The molecule has 86 valence electrons. The number of methoxy groups -OCH3 is 1. The van der Waals surface area contributed by atoms with E-state index in [-0.39, 0.29) is 18.1 Å². The van der Waals surface area contributed by atoms with E-state index in [0.717, 1.165) is 18.6 Å². The Hall–Kier alpha value is -1.55. The van der Waals surface area contributed by atoms with Gasteiger partial charge in [-0.3, -0.25) is 0 Å². The molecule has 0 radical (unpaired) electrons. The molecule has 16 heavy (non-hydrogen) atoms. The molecular formula is C12H15NO3. The Morgan fingerprint density at radius 1 is 1.31 bits per heavy atom. The quantitative estimate of drug-likeness (QED) is 0.782. The highest BCUT2D eigenvalue weighted by atomic mass is 16.5. The van der Waals surface area contributed by atoms with Crippen molar-refractivity contribution in [3.63, 3.8) is 0 Å². The van der Waals surface area contributed by atoms with Crippen LogP contribution in [0.25, 0.3) is 0 Å². The number of rotatable bonds is 3. The molecule has 4 nitrogen and oxygen atoms in total. The smallest absolute Gasteiger partial charge is 0.337 e. The van der Waals surface area contributed by atoms with Crippen LogP contribution in [-0.4, -0.2) is 25.2 Å². The van der Waals surface area contributed by atoms with E-state index in [2.05, 4.69) is 4.74 Å². The minimum atomic E-state index is -0.336. The molecule has 0 aliphatic heterocycles. The first-order chi connectivity index (χ1) is 7.69. The highest BCUT2D eigenvalue weighted by molar-refractivity contribution is 5.89. The van der Waals surface area contributed by atoms with Crippen LogP contribution in [0.5, 0.6) is 5.75 Å². The van der Waals surface area contributed by atoms with E-state index in [1.54, 1.807) is 24.3 Å². The molecule has 4 heteroatoms. The summed E-state index contributed by atoms with van der Waals surface area (Å²) in [6.07, 6.45) is 2.02. The van der Waals surface area contributed by atoms with Crippen LogP contribution in [0.3, 0.4) is 0 Å². The van der Waals surface area contributed by atoms with Gasteiger partial charge in [-0.25, -0.2) is 4.79 Å². The van der Waals surface area contributed by atoms with Crippen molar-refractivity contribution in [2.45, 2.75) is 25.0 Å². The first-order valence-electron chi connectivity index (χ1n) is 5.29. The lowest BCUT2D eigenvalue weighted by Crippen LogP contribution is -2.43. The highest BCUT2D eigenvalue weighted by Crippen LogP contribution is 2.24. The standard InChI is InChI=1S/C12H15NO3/c1-15-12(14)8-2-4-10(5-3-8)16-11-6-9(13)7-11/h2-5,9,11H,6-7,13H2,1H3. The van der Waals surface area contributed by atoms with Crippen LogP contribution in [0, 0.1) is 0 Å². The fourth-order valence-electron chi connectivity index (χ4n) is 1.68.